The molecule has 0 aliphatic rings. The SMILES string of the molecule is COc1ccc(C#N)c(OCCOc2ccccc2)c1. The Morgan fingerprint density at radius 1 is 0.950 bits per heavy atom. The molecule has 0 saturated heterocycles. The van der Waals surface area contributed by atoms with E-state index in [1.54, 1.807) is 25.3 Å². The number of nitrogens with zero attached hydrogens (tertiary/aromatic N) is 1. The second-order valence-electron chi connectivity index (χ2n) is 3.98. The molecule has 0 heterocycles. The molecule has 2 aromatic rings. The molecule has 0 bridgehead atoms. The molecule has 2 rings (SSSR count). The number of rotatable bonds is 6. The van der Waals surface area contributed by atoms with Crippen LogP contribution in [0, 0.1) is 11.3 Å². The van der Waals surface area contributed by atoms with Crippen LogP contribution in [-0.4, -0.2) is 20.3 Å². The summed E-state index contributed by atoms with van der Waals surface area (Å²) in [5.41, 5.74) is 0.477. The van der Waals surface area contributed by atoms with Gasteiger partial charge in [0.15, 0.2) is 0 Å². The second kappa shape index (κ2) is 7.05. The molecule has 0 N–H and O–H groups in total. The van der Waals surface area contributed by atoms with Crippen molar-refractivity contribution in [2.24, 2.45) is 0 Å². The Morgan fingerprint density at radius 2 is 1.70 bits per heavy atom. The van der Waals surface area contributed by atoms with Gasteiger partial charge < -0.3 is 14.2 Å². The van der Waals surface area contributed by atoms with E-state index in [2.05, 4.69) is 6.07 Å². The van der Waals surface area contributed by atoms with E-state index in [-0.39, 0.29) is 0 Å². The summed E-state index contributed by atoms with van der Waals surface area (Å²) >= 11 is 0. The summed E-state index contributed by atoms with van der Waals surface area (Å²) in [5, 5.41) is 9.01. The van der Waals surface area contributed by atoms with Gasteiger partial charge in [0.1, 0.15) is 36.5 Å². The Morgan fingerprint density at radius 3 is 2.40 bits per heavy atom. The van der Waals surface area contributed by atoms with E-state index in [0.29, 0.717) is 30.3 Å². The quantitative estimate of drug-likeness (QED) is 0.756. The zero-order valence-corrected chi connectivity index (χ0v) is 11.2. The van der Waals surface area contributed by atoms with Gasteiger partial charge in [0, 0.05) is 6.07 Å². The van der Waals surface area contributed by atoms with Crippen LogP contribution in [0.25, 0.3) is 0 Å². The minimum atomic E-state index is 0.358. The highest BCUT2D eigenvalue weighted by atomic mass is 16.5. The van der Waals surface area contributed by atoms with Crippen molar-refractivity contribution in [1.29, 1.82) is 5.26 Å². The van der Waals surface area contributed by atoms with Crippen molar-refractivity contribution in [3.8, 4) is 23.3 Å². The monoisotopic (exact) mass is 269 g/mol. The van der Waals surface area contributed by atoms with E-state index >= 15 is 0 Å². The lowest BCUT2D eigenvalue weighted by Crippen LogP contribution is -2.09. The molecule has 0 aliphatic heterocycles. The number of benzene rings is 2. The number of nitriles is 1. The fourth-order valence-corrected chi connectivity index (χ4v) is 1.67. The molecule has 0 amide bonds. The first kappa shape index (κ1) is 13.8. The fraction of sp³-hybridized carbons (Fsp3) is 0.188. The first-order valence-corrected chi connectivity index (χ1v) is 6.22. The largest absolute Gasteiger partial charge is 0.497 e. The van der Waals surface area contributed by atoms with Gasteiger partial charge in [-0.15, -0.1) is 0 Å². The van der Waals surface area contributed by atoms with E-state index < -0.39 is 0 Å². The highest BCUT2D eigenvalue weighted by Crippen LogP contribution is 2.24. The lowest BCUT2D eigenvalue weighted by Gasteiger charge is -2.10. The molecule has 102 valence electrons. The Kier molecular flexibility index (Phi) is 4.85. The van der Waals surface area contributed by atoms with E-state index in [0.717, 1.165) is 5.75 Å². The van der Waals surface area contributed by atoms with Gasteiger partial charge in [0.25, 0.3) is 0 Å². The summed E-state index contributed by atoms with van der Waals surface area (Å²) in [4.78, 5) is 0. The van der Waals surface area contributed by atoms with Gasteiger partial charge in [-0.25, -0.2) is 0 Å². The van der Waals surface area contributed by atoms with Crippen LogP contribution in [-0.2, 0) is 0 Å². The van der Waals surface area contributed by atoms with Crippen LogP contribution < -0.4 is 14.2 Å². The molecule has 0 fully saturated rings. The molecule has 0 radical (unpaired) electrons. The Balaban J connectivity index is 1.89. The maximum atomic E-state index is 9.01. The summed E-state index contributed by atoms with van der Waals surface area (Å²) < 4.78 is 16.2. The standard InChI is InChI=1S/C16H15NO3/c1-18-15-8-7-13(12-17)16(11-15)20-10-9-19-14-5-3-2-4-6-14/h2-8,11H,9-10H2,1H3. The van der Waals surface area contributed by atoms with Crippen molar-refractivity contribution in [2.45, 2.75) is 0 Å². The molecule has 0 spiro atoms. The number of ether oxygens (including phenoxy) is 3. The molecule has 0 saturated carbocycles. The second-order valence-corrected chi connectivity index (χ2v) is 3.98. The summed E-state index contributed by atoms with van der Waals surface area (Å²) in [6.07, 6.45) is 0. The highest BCUT2D eigenvalue weighted by Gasteiger charge is 2.05. The zero-order chi connectivity index (χ0) is 14.2. The van der Waals surface area contributed by atoms with Gasteiger partial charge in [-0.2, -0.15) is 5.26 Å². The lowest BCUT2D eigenvalue weighted by molar-refractivity contribution is 0.216. The Labute approximate surface area is 118 Å². The van der Waals surface area contributed by atoms with Crippen molar-refractivity contribution in [2.75, 3.05) is 20.3 Å². The fourth-order valence-electron chi connectivity index (χ4n) is 1.67. The first-order chi connectivity index (χ1) is 9.83. The van der Waals surface area contributed by atoms with Crippen LogP contribution in [0.1, 0.15) is 5.56 Å². The van der Waals surface area contributed by atoms with Crippen molar-refractivity contribution in [3.05, 3.63) is 54.1 Å². The molecule has 0 aliphatic carbocycles. The minimum absolute atomic E-state index is 0.358. The minimum Gasteiger partial charge on any atom is -0.497 e. The topological polar surface area (TPSA) is 51.5 Å². The van der Waals surface area contributed by atoms with Gasteiger partial charge in [0.05, 0.1) is 12.7 Å². The molecule has 0 unspecified atom stereocenters. The summed E-state index contributed by atoms with van der Waals surface area (Å²) in [6.45, 7) is 0.767. The molecule has 2 aromatic carbocycles. The molecule has 0 atom stereocenters. The zero-order valence-electron chi connectivity index (χ0n) is 11.2. The predicted octanol–water partition coefficient (Wildman–Crippen LogP) is 3.02. The lowest BCUT2D eigenvalue weighted by atomic mass is 10.2. The average Bonchev–Trinajstić information content (AvgIpc) is 2.52. The predicted molar refractivity (Wildman–Crippen MR) is 75.1 cm³/mol. The van der Waals surface area contributed by atoms with Crippen LogP contribution in [0.5, 0.6) is 17.2 Å². The Bertz CT molecular complexity index is 590. The van der Waals surface area contributed by atoms with Crippen LogP contribution in [0.2, 0.25) is 0 Å². The van der Waals surface area contributed by atoms with E-state index in [1.807, 2.05) is 30.3 Å². The summed E-state index contributed by atoms with van der Waals surface area (Å²) in [5.74, 6) is 1.95. The van der Waals surface area contributed by atoms with Crippen LogP contribution >= 0.6 is 0 Å². The maximum Gasteiger partial charge on any atom is 0.140 e. The van der Waals surface area contributed by atoms with Gasteiger partial charge in [-0.3, -0.25) is 0 Å². The third-order valence-electron chi connectivity index (χ3n) is 2.66. The third kappa shape index (κ3) is 3.66. The van der Waals surface area contributed by atoms with E-state index in [4.69, 9.17) is 19.5 Å². The van der Waals surface area contributed by atoms with Crippen molar-refractivity contribution >= 4 is 0 Å². The van der Waals surface area contributed by atoms with E-state index in [1.165, 1.54) is 0 Å². The van der Waals surface area contributed by atoms with Gasteiger partial charge in [-0.1, -0.05) is 18.2 Å². The van der Waals surface area contributed by atoms with Gasteiger partial charge in [0.2, 0.25) is 0 Å². The molecule has 4 nitrogen and oxygen atoms in total. The number of methoxy groups -OCH3 is 1. The maximum absolute atomic E-state index is 9.01. The summed E-state index contributed by atoms with van der Waals surface area (Å²) in [6, 6.07) is 16.7. The third-order valence-corrected chi connectivity index (χ3v) is 2.66. The molecular formula is C16H15NO3. The Hall–Kier alpha value is -2.67. The normalized spacial score (nSPS) is 9.60. The number of hydrogen-bond acceptors (Lipinski definition) is 4. The highest BCUT2D eigenvalue weighted by molar-refractivity contribution is 5.47. The molecule has 4 heteroatoms. The smallest absolute Gasteiger partial charge is 0.140 e. The van der Waals surface area contributed by atoms with Crippen LogP contribution in [0.4, 0.5) is 0 Å². The van der Waals surface area contributed by atoms with Gasteiger partial charge in [-0.05, 0) is 24.3 Å². The molecule has 20 heavy (non-hydrogen) atoms. The van der Waals surface area contributed by atoms with Crippen molar-refractivity contribution < 1.29 is 14.2 Å². The molecular weight excluding hydrogens is 254 g/mol. The number of para-hydroxylation sites is 1. The van der Waals surface area contributed by atoms with Crippen LogP contribution in [0.15, 0.2) is 48.5 Å². The average molecular weight is 269 g/mol. The van der Waals surface area contributed by atoms with Crippen LogP contribution in [0.3, 0.4) is 0 Å². The number of hydrogen-bond donors (Lipinski definition) is 0. The van der Waals surface area contributed by atoms with Gasteiger partial charge >= 0.3 is 0 Å². The summed E-state index contributed by atoms with van der Waals surface area (Å²) in [7, 11) is 1.57. The van der Waals surface area contributed by atoms with Crippen molar-refractivity contribution in [3.63, 3.8) is 0 Å². The first-order valence-electron chi connectivity index (χ1n) is 6.22. The van der Waals surface area contributed by atoms with Crippen molar-refractivity contribution in [1.82, 2.24) is 0 Å². The van der Waals surface area contributed by atoms with E-state index in [9.17, 15) is 0 Å². The molecule has 0 aromatic heterocycles.